The van der Waals surface area contributed by atoms with Crippen LogP contribution in [0.15, 0.2) is 54.6 Å². The van der Waals surface area contributed by atoms with Gasteiger partial charge in [-0.25, -0.2) is 0 Å². The molecular formula is C23H32N3O2+. The molecule has 5 heteroatoms. The van der Waals surface area contributed by atoms with Gasteiger partial charge in [0.1, 0.15) is 5.75 Å². The van der Waals surface area contributed by atoms with Crippen LogP contribution in [0.3, 0.4) is 0 Å². The van der Waals surface area contributed by atoms with E-state index in [2.05, 4.69) is 47.5 Å². The molecule has 1 aliphatic rings. The number of hydrogen-bond acceptors (Lipinski definition) is 3. The van der Waals surface area contributed by atoms with Crippen molar-refractivity contribution in [3.05, 3.63) is 60.2 Å². The Hall–Kier alpha value is -2.53. The van der Waals surface area contributed by atoms with Crippen LogP contribution in [0, 0.1) is 0 Å². The Morgan fingerprint density at radius 1 is 1.11 bits per heavy atom. The number of carbonyl (C=O) groups is 1. The Kier molecular flexibility index (Phi) is 7.31. The number of aryl methyl sites for hydroxylation is 1. The molecular weight excluding hydrogens is 350 g/mol. The van der Waals surface area contributed by atoms with Gasteiger partial charge in [-0.3, -0.25) is 4.79 Å². The van der Waals surface area contributed by atoms with Crippen molar-refractivity contribution >= 4 is 11.6 Å². The molecule has 2 aromatic carbocycles. The van der Waals surface area contributed by atoms with Gasteiger partial charge in [-0.05, 0) is 37.5 Å². The third-order valence-corrected chi connectivity index (χ3v) is 5.42. The first kappa shape index (κ1) is 20.2. The van der Waals surface area contributed by atoms with Crippen molar-refractivity contribution < 1.29 is 14.4 Å². The summed E-state index contributed by atoms with van der Waals surface area (Å²) in [5, 5.41) is 3.17. The third kappa shape index (κ3) is 5.73. The van der Waals surface area contributed by atoms with E-state index in [0.717, 1.165) is 50.5 Å². The SMILES string of the molecule is COc1ccccc1N1CC[NH+](CC(=O)N[C@H](C)CCc2ccccc2)CC1. The van der Waals surface area contributed by atoms with E-state index in [4.69, 9.17) is 4.74 Å². The molecule has 1 fully saturated rings. The lowest BCUT2D eigenvalue weighted by atomic mass is 10.1. The summed E-state index contributed by atoms with van der Waals surface area (Å²) in [6.07, 6.45) is 1.96. The minimum absolute atomic E-state index is 0.154. The molecule has 1 amide bonds. The number of methoxy groups -OCH3 is 1. The second-order valence-corrected chi connectivity index (χ2v) is 7.58. The number of carbonyl (C=O) groups excluding carboxylic acids is 1. The third-order valence-electron chi connectivity index (χ3n) is 5.42. The molecule has 1 atom stereocenters. The van der Waals surface area contributed by atoms with Gasteiger partial charge >= 0.3 is 0 Å². The fourth-order valence-corrected chi connectivity index (χ4v) is 3.78. The molecule has 0 spiro atoms. The Morgan fingerprint density at radius 2 is 1.79 bits per heavy atom. The Labute approximate surface area is 168 Å². The van der Waals surface area contributed by atoms with Gasteiger partial charge in [0.25, 0.3) is 5.91 Å². The van der Waals surface area contributed by atoms with Crippen LogP contribution in [0.25, 0.3) is 0 Å². The normalized spacial score (nSPS) is 15.9. The Bertz CT molecular complexity index is 743. The zero-order valence-corrected chi connectivity index (χ0v) is 17.0. The van der Waals surface area contributed by atoms with Crippen LogP contribution in [0.5, 0.6) is 5.75 Å². The maximum absolute atomic E-state index is 12.4. The number of hydrogen-bond donors (Lipinski definition) is 2. The lowest BCUT2D eigenvalue weighted by Gasteiger charge is -2.34. The highest BCUT2D eigenvalue weighted by atomic mass is 16.5. The van der Waals surface area contributed by atoms with E-state index in [1.165, 1.54) is 10.5 Å². The molecule has 0 aliphatic carbocycles. The first-order chi connectivity index (χ1) is 13.7. The van der Waals surface area contributed by atoms with Crippen molar-refractivity contribution in [3.63, 3.8) is 0 Å². The highest BCUT2D eigenvalue weighted by Gasteiger charge is 2.24. The predicted octanol–water partition coefficient (Wildman–Crippen LogP) is 1.54. The molecule has 5 nitrogen and oxygen atoms in total. The standard InChI is InChI=1S/C23H31N3O2/c1-19(12-13-20-8-4-3-5-9-20)24-23(27)18-25-14-16-26(17-15-25)21-10-6-7-11-22(21)28-2/h3-11,19H,12-18H2,1-2H3,(H,24,27)/p+1/t19-/m1/s1. The molecule has 3 rings (SSSR count). The van der Waals surface area contributed by atoms with E-state index < -0.39 is 0 Å². The van der Waals surface area contributed by atoms with E-state index in [1.54, 1.807) is 7.11 Å². The summed E-state index contributed by atoms with van der Waals surface area (Å²) in [5.74, 6) is 1.07. The van der Waals surface area contributed by atoms with Crippen LogP contribution in [0.1, 0.15) is 18.9 Å². The molecule has 28 heavy (non-hydrogen) atoms. The molecule has 0 aromatic heterocycles. The molecule has 1 aliphatic heterocycles. The number of nitrogens with zero attached hydrogens (tertiary/aromatic N) is 1. The van der Waals surface area contributed by atoms with Crippen LogP contribution in [-0.4, -0.2) is 51.8 Å². The molecule has 150 valence electrons. The van der Waals surface area contributed by atoms with E-state index in [9.17, 15) is 4.79 Å². The fourth-order valence-electron chi connectivity index (χ4n) is 3.78. The van der Waals surface area contributed by atoms with Gasteiger partial charge in [-0.1, -0.05) is 42.5 Å². The average Bonchev–Trinajstić information content (AvgIpc) is 2.73. The molecule has 1 heterocycles. The summed E-state index contributed by atoms with van der Waals surface area (Å²) >= 11 is 0. The van der Waals surface area contributed by atoms with Gasteiger partial charge in [0.05, 0.1) is 39.0 Å². The summed E-state index contributed by atoms with van der Waals surface area (Å²) in [6, 6.07) is 18.8. The summed E-state index contributed by atoms with van der Waals surface area (Å²) < 4.78 is 5.48. The zero-order chi connectivity index (χ0) is 19.8. The molecule has 2 aromatic rings. The number of piperazine rings is 1. The first-order valence-corrected chi connectivity index (χ1v) is 10.2. The average molecular weight is 383 g/mol. The van der Waals surface area contributed by atoms with Gasteiger partial charge in [0.15, 0.2) is 6.54 Å². The second kappa shape index (κ2) is 10.1. The number of nitrogens with one attached hydrogen (secondary N) is 2. The van der Waals surface area contributed by atoms with E-state index >= 15 is 0 Å². The van der Waals surface area contributed by atoms with Crippen molar-refractivity contribution in [2.75, 3.05) is 44.7 Å². The Morgan fingerprint density at radius 3 is 2.50 bits per heavy atom. The lowest BCUT2D eigenvalue weighted by Crippen LogP contribution is -3.16. The summed E-state index contributed by atoms with van der Waals surface area (Å²) in [5.41, 5.74) is 2.46. The number of para-hydroxylation sites is 2. The van der Waals surface area contributed by atoms with E-state index in [-0.39, 0.29) is 11.9 Å². The van der Waals surface area contributed by atoms with E-state index in [1.807, 2.05) is 24.3 Å². The number of rotatable bonds is 8. The van der Waals surface area contributed by atoms with Gasteiger partial charge in [-0.2, -0.15) is 0 Å². The van der Waals surface area contributed by atoms with Gasteiger partial charge in [-0.15, -0.1) is 0 Å². The van der Waals surface area contributed by atoms with Crippen LogP contribution in [-0.2, 0) is 11.2 Å². The monoisotopic (exact) mass is 382 g/mol. The molecule has 0 saturated carbocycles. The summed E-state index contributed by atoms with van der Waals surface area (Å²) in [6.45, 7) is 6.44. The smallest absolute Gasteiger partial charge is 0.275 e. The maximum atomic E-state index is 12.4. The van der Waals surface area contributed by atoms with Crippen molar-refractivity contribution in [2.45, 2.75) is 25.8 Å². The highest BCUT2D eigenvalue weighted by Crippen LogP contribution is 2.27. The topological polar surface area (TPSA) is 46.0 Å². The van der Waals surface area contributed by atoms with Gasteiger partial charge < -0.3 is 19.9 Å². The fraction of sp³-hybridized carbons (Fsp3) is 0.435. The number of amides is 1. The molecule has 0 radical (unpaired) electrons. The second-order valence-electron chi connectivity index (χ2n) is 7.58. The molecule has 2 N–H and O–H groups in total. The highest BCUT2D eigenvalue weighted by molar-refractivity contribution is 5.77. The van der Waals surface area contributed by atoms with Crippen LogP contribution in [0.2, 0.25) is 0 Å². The number of quaternary nitrogens is 1. The lowest BCUT2D eigenvalue weighted by molar-refractivity contribution is -0.892. The number of benzene rings is 2. The first-order valence-electron chi connectivity index (χ1n) is 10.2. The van der Waals surface area contributed by atoms with Crippen LogP contribution >= 0.6 is 0 Å². The summed E-state index contributed by atoms with van der Waals surface area (Å²) in [7, 11) is 1.71. The van der Waals surface area contributed by atoms with Crippen LogP contribution in [0.4, 0.5) is 5.69 Å². The van der Waals surface area contributed by atoms with Crippen LogP contribution < -0.4 is 19.9 Å². The molecule has 0 unspecified atom stereocenters. The summed E-state index contributed by atoms with van der Waals surface area (Å²) in [4.78, 5) is 16.1. The largest absolute Gasteiger partial charge is 0.495 e. The zero-order valence-electron chi connectivity index (χ0n) is 17.0. The quantitative estimate of drug-likeness (QED) is 0.728. The molecule has 1 saturated heterocycles. The number of ether oxygens (including phenoxy) is 1. The Balaban J connectivity index is 1.40. The van der Waals surface area contributed by atoms with Crippen molar-refractivity contribution in [2.24, 2.45) is 0 Å². The maximum Gasteiger partial charge on any atom is 0.275 e. The van der Waals surface area contributed by atoms with E-state index in [0.29, 0.717) is 6.54 Å². The molecule has 0 bridgehead atoms. The predicted molar refractivity (Wildman–Crippen MR) is 113 cm³/mol. The van der Waals surface area contributed by atoms with Crippen molar-refractivity contribution in [1.82, 2.24) is 5.32 Å². The van der Waals surface area contributed by atoms with Crippen molar-refractivity contribution in [1.29, 1.82) is 0 Å². The van der Waals surface area contributed by atoms with Crippen molar-refractivity contribution in [3.8, 4) is 5.75 Å². The minimum atomic E-state index is 0.154. The number of anilines is 1. The van der Waals surface area contributed by atoms with Gasteiger partial charge in [0, 0.05) is 6.04 Å². The van der Waals surface area contributed by atoms with Gasteiger partial charge in [0.2, 0.25) is 0 Å². The minimum Gasteiger partial charge on any atom is -0.495 e.